The zero-order chi connectivity index (χ0) is 31.0. The van der Waals surface area contributed by atoms with Crippen molar-refractivity contribution in [3.63, 3.8) is 0 Å². The molecule has 2 aromatic carbocycles. The van der Waals surface area contributed by atoms with Gasteiger partial charge in [-0.15, -0.1) is 12.4 Å². The number of halogens is 8. The molecule has 2 amide bonds. The first kappa shape index (κ1) is 34.6. The molecule has 0 unspecified atom stereocenters. The van der Waals surface area contributed by atoms with Crippen molar-refractivity contribution in [1.29, 1.82) is 0 Å². The van der Waals surface area contributed by atoms with E-state index in [1.54, 1.807) is 17.9 Å². The van der Waals surface area contributed by atoms with Gasteiger partial charge in [0, 0.05) is 58.0 Å². The second-order valence-corrected chi connectivity index (χ2v) is 11.3. The van der Waals surface area contributed by atoms with E-state index in [-0.39, 0.29) is 41.9 Å². The number of carbonyl (C=O) groups excluding carboxylic acids is 2. The number of amides is 2. The molecule has 2 atom stereocenters. The third kappa shape index (κ3) is 8.20. The van der Waals surface area contributed by atoms with Gasteiger partial charge in [-0.1, -0.05) is 6.07 Å². The molecule has 2 aromatic rings. The molecule has 2 saturated heterocycles. The quantitative estimate of drug-likeness (QED) is 0.344. The summed E-state index contributed by atoms with van der Waals surface area (Å²) in [6, 6.07) is 5.86. The van der Waals surface area contributed by atoms with E-state index in [0.29, 0.717) is 50.3 Å². The topological polar surface area (TPSA) is 43.9 Å². The van der Waals surface area contributed by atoms with Crippen molar-refractivity contribution < 1.29 is 40.3 Å². The Morgan fingerprint density at radius 1 is 0.907 bits per heavy atom. The summed E-state index contributed by atoms with van der Waals surface area (Å²) in [6.45, 7) is 5.12. The van der Waals surface area contributed by atoms with Crippen LogP contribution in [0.4, 0.5) is 30.7 Å². The number of hydrogen-bond donors (Lipinski definition) is 0. The van der Waals surface area contributed by atoms with Crippen LogP contribution in [0.1, 0.15) is 59.9 Å². The van der Waals surface area contributed by atoms with Crippen molar-refractivity contribution >= 4 is 24.2 Å². The maximum Gasteiger partial charge on any atom is 0.416 e. The molecular weight excluding hydrogens is 603 g/mol. The van der Waals surface area contributed by atoms with Crippen molar-refractivity contribution in [2.75, 3.05) is 33.2 Å². The first-order chi connectivity index (χ1) is 19.5. The fraction of sp³-hybridized carbons (Fsp3) is 0.533. The van der Waals surface area contributed by atoms with Crippen molar-refractivity contribution in [1.82, 2.24) is 14.7 Å². The average molecular weight is 638 g/mol. The van der Waals surface area contributed by atoms with E-state index in [1.165, 1.54) is 31.0 Å². The van der Waals surface area contributed by atoms with Gasteiger partial charge in [-0.25, -0.2) is 4.39 Å². The smallest absolute Gasteiger partial charge is 0.343 e. The summed E-state index contributed by atoms with van der Waals surface area (Å²) in [5, 5.41) is 0. The third-order valence-electron chi connectivity index (χ3n) is 8.46. The van der Waals surface area contributed by atoms with Gasteiger partial charge in [0.2, 0.25) is 11.8 Å². The Bertz CT molecular complexity index is 1280. The normalized spacial score (nSPS) is 20.5. The van der Waals surface area contributed by atoms with Crippen LogP contribution in [0.25, 0.3) is 0 Å². The lowest BCUT2D eigenvalue weighted by atomic mass is 9.77. The lowest BCUT2D eigenvalue weighted by Crippen LogP contribution is -2.52. The Balaban J connectivity index is 0.00000506. The van der Waals surface area contributed by atoms with E-state index in [1.807, 2.05) is 0 Å². The van der Waals surface area contributed by atoms with Gasteiger partial charge in [0.1, 0.15) is 5.82 Å². The van der Waals surface area contributed by atoms with Crippen molar-refractivity contribution in [3.05, 3.63) is 70.0 Å². The van der Waals surface area contributed by atoms with E-state index in [4.69, 9.17) is 0 Å². The summed E-state index contributed by atoms with van der Waals surface area (Å²) in [7, 11) is 1.37. The van der Waals surface area contributed by atoms with Crippen LogP contribution in [0, 0.1) is 18.7 Å². The average Bonchev–Trinajstić information content (AvgIpc) is 2.91. The number of likely N-dealkylation sites (tertiary alicyclic amines) is 2. The molecule has 43 heavy (non-hydrogen) atoms. The van der Waals surface area contributed by atoms with E-state index >= 15 is 0 Å². The number of benzene rings is 2. The fourth-order valence-corrected chi connectivity index (χ4v) is 6.27. The van der Waals surface area contributed by atoms with E-state index in [0.717, 1.165) is 18.4 Å². The minimum atomic E-state index is -4.99. The summed E-state index contributed by atoms with van der Waals surface area (Å²) in [5.74, 6) is -1.79. The number of nitrogens with zero attached hydrogens (tertiary/aromatic N) is 3. The standard InChI is InChI=1S/C30H34F7N3O2.ClH/c1-18-12-23(31)4-5-25(18)27-17-40(24-6-9-39(10-7-24)19(2)41)11-8-26(27)28(42)38(3)16-20-13-21(29(32,33)34)15-22(14-20)30(35,36)37;/h4-5,12-15,24,26-27H,6-11,16-17H2,1-3H3;1H/t26-,27+;/m1./s1. The predicted octanol–water partition coefficient (Wildman–Crippen LogP) is 6.67. The second-order valence-electron chi connectivity index (χ2n) is 11.3. The zero-order valence-electron chi connectivity index (χ0n) is 24.1. The SMILES string of the molecule is CC(=O)N1CCC(N2CC[C@@H](C(=O)N(C)Cc3cc(C(F)(F)F)cc(C(F)(F)F)c3)[C@H](c3ccc(F)cc3C)C2)CC1.Cl. The lowest BCUT2D eigenvalue weighted by Gasteiger charge is -2.45. The number of hydrogen-bond acceptors (Lipinski definition) is 3. The van der Waals surface area contributed by atoms with Crippen LogP contribution in [0.5, 0.6) is 0 Å². The molecule has 4 rings (SSSR count). The monoisotopic (exact) mass is 637 g/mol. The highest BCUT2D eigenvalue weighted by Gasteiger charge is 2.41. The van der Waals surface area contributed by atoms with Gasteiger partial charge >= 0.3 is 12.4 Å². The number of alkyl halides is 6. The van der Waals surface area contributed by atoms with Gasteiger partial charge in [0.15, 0.2) is 0 Å². The van der Waals surface area contributed by atoms with Crippen LogP contribution in [0.2, 0.25) is 0 Å². The van der Waals surface area contributed by atoms with Crippen molar-refractivity contribution in [3.8, 4) is 0 Å². The van der Waals surface area contributed by atoms with Crippen LogP contribution >= 0.6 is 12.4 Å². The maximum atomic E-state index is 14.0. The molecule has 0 bridgehead atoms. The predicted molar refractivity (Wildman–Crippen MR) is 149 cm³/mol. The lowest BCUT2D eigenvalue weighted by molar-refractivity contribution is -0.143. The maximum absolute atomic E-state index is 14.0. The summed E-state index contributed by atoms with van der Waals surface area (Å²) < 4.78 is 94.2. The molecule has 0 spiro atoms. The van der Waals surface area contributed by atoms with Gasteiger partial charge in [0.05, 0.1) is 11.1 Å². The fourth-order valence-electron chi connectivity index (χ4n) is 6.27. The number of rotatable bonds is 5. The second kappa shape index (κ2) is 13.4. The molecule has 0 aliphatic carbocycles. The van der Waals surface area contributed by atoms with Gasteiger partial charge < -0.3 is 9.80 Å². The molecular formula is C30H35ClF7N3O2. The summed E-state index contributed by atoms with van der Waals surface area (Å²) in [4.78, 5) is 30.8. The highest BCUT2D eigenvalue weighted by atomic mass is 35.5. The van der Waals surface area contributed by atoms with Crippen molar-refractivity contribution in [2.24, 2.45) is 5.92 Å². The number of carbonyl (C=O) groups is 2. The Kier molecular flexibility index (Phi) is 10.8. The first-order valence-electron chi connectivity index (χ1n) is 13.8. The van der Waals surface area contributed by atoms with Crippen LogP contribution in [0.15, 0.2) is 36.4 Å². The van der Waals surface area contributed by atoms with E-state index in [2.05, 4.69) is 4.90 Å². The van der Waals surface area contributed by atoms with Crippen LogP contribution in [0.3, 0.4) is 0 Å². The molecule has 13 heteroatoms. The number of piperidine rings is 2. The minimum absolute atomic E-state index is 0. The molecule has 0 aromatic heterocycles. The van der Waals surface area contributed by atoms with E-state index in [9.17, 15) is 40.3 Å². The first-order valence-corrected chi connectivity index (χ1v) is 13.8. The molecule has 2 aliphatic rings. The Morgan fingerprint density at radius 2 is 1.49 bits per heavy atom. The Morgan fingerprint density at radius 3 is 2.00 bits per heavy atom. The summed E-state index contributed by atoms with van der Waals surface area (Å²) in [6.07, 6.45) is -8.03. The molecule has 2 fully saturated rings. The third-order valence-corrected chi connectivity index (χ3v) is 8.46. The van der Waals surface area contributed by atoms with Gasteiger partial charge in [0.25, 0.3) is 0 Å². The van der Waals surface area contributed by atoms with Gasteiger partial charge in [-0.3, -0.25) is 14.5 Å². The highest BCUT2D eigenvalue weighted by Crippen LogP contribution is 2.39. The van der Waals surface area contributed by atoms with Crippen LogP contribution < -0.4 is 0 Å². The largest absolute Gasteiger partial charge is 0.416 e. The molecule has 2 heterocycles. The molecule has 5 nitrogen and oxygen atoms in total. The molecule has 0 N–H and O–H groups in total. The number of aryl methyl sites for hydroxylation is 1. The molecule has 0 saturated carbocycles. The molecule has 0 radical (unpaired) electrons. The van der Waals surface area contributed by atoms with E-state index < -0.39 is 47.7 Å². The minimum Gasteiger partial charge on any atom is -0.343 e. The summed E-state index contributed by atoms with van der Waals surface area (Å²) in [5.41, 5.74) is -1.72. The molecule has 2 aliphatic heterocycles. The zero-order valence-corrected chi connectivity index (χ0v) is 24.9. The van der Waals surface area contributed by atoms with Gasteiger partial charge in [-0.2, -0.15) is 26.3 Å². The van der Waals surface area contributed by atoms with Crippen molar-refractivity contribution in [2.45, 2.75) is 64.0 Å². The highest BCUT2D eigenvalue weighted by molar-refractivity contribution is 5.85. The molecule has 238 valence electrons. The Labute approximate surface area is 252 Å². The summed E-state index contributed by atoms with van der Waals surface area (Å²) >= 11 is 0. The van der Waals surface area contributed by atoms with Crippen LogP contribution in [-0.2, 0) is 28.5 Å². The van der Waals surface area contributed by atoms with Crippen LogP contribution in [-0.4, -0.2) is 65.8 Å². The van der Waals surface area contributed by atoms with Gasteiger partial charge in [-0.05, 0) is 79.8 Å². The Hall–Kier alpha value is -2.86.